The summed E-state index contributed by atoms with van der Waals surface area (Å²) in [5.41, 5.74) is 1.96. The lowest BCUT2D eigenvalue weighted by Crippen LogP contribution is -2.42. The molecule has 1 rings (SSSR count). The molecular weight excluding hydrogens is 236 g/mol. The van der Waals surface area contributed by atoms with Crippen molar-refractivity contribution >= 4 is 5.78 Å². The van der Waals surface area contributed by atoms with Crippen molar-refractivity contribution in [1.82, 2.24) is 10.3 Å². The van der Waals surface area contributed by atoms with Gasteiger partial charge in [0.1, 0.15) is 5.78 Å². The number of aryl methyl sites for hydroxylation is 1. The highest BCUT2D eigenvalue weighted by Gasteiger charge is 2.25. The average molecular weight is 264 g/mol. The van der Waals surface area contributed by atoms with Crippen LogP contribution in [0.4, 0.5) is 0 Å². The third-order valence-corrected chi connectivity index (χ3v) is 2.92. The lowest BCUT2D eigenvalue weighted by Gasteiger charge is -2.29. The van der Waals surface area contributed by atoms with Gasteiger partial charge in [0.25, 0.3) is 0 Å². The van der Waals surface area contributed by atoms with Gasteiger partial charge in [0.15, 0.2) is 0 Å². The number of hydrogen-bond acceptors (Lipinski definition) is 3. The molecule has 1 heterocycles. The Labute approximate surface area is 117 Å². The summed E-state index contributed by atoms with van der Waals surface area (Å²) in [6.45, 7) is 12.5. The molecule has 0 aliphatic heterocycles. The molecule has 0 saturated carbocycles. The first-order chi connectivity index (χ1) is 8.89. The van der Waals surface area contributed by atoms with Crippen molar-refractivity contribution in [3.8, 4) is 0 Å². The number of Topliss-reactive ketones (excluding diaryl/α,β-unsaturated/α-hetero) is 1. The van der Waals surface area contributed by atoms with Gasteiger partial charge in [0.2, 0.25) is 0 Å². The fraction of sp³-hybridized carbons (Fsp3) is 0.625. The molecule has 108 valence electrons. The Hall–Kier alpha value is -1.22. The van der Waals surface area contributed by atoms with Gasteiger partial charge in [-0.3, -0.25) is 15.1 Å². The second kappa shape index (κ2) is 8.81. The Morgan fingerprint density at radius 3 is 2.37 bits per heavy atom. The van der Waals surface area contributed by atoms with E-state index in [1.165, 1.54) is 12.0 Å². The van der Waals surface area contributed by atoms with E-state index in [9.17, 15) is 4.79 Å². The molecule has 1 aromatic heterocycles. The van der Waals surface area contributed by atoms with Gasteiger partial charge in [-0.2, -0.15) is 0 Å². The molecule has 0 aromatic carbocycles. The maximum absolute atomic E-state index is 11.0. The van der Waals surface area contributed by atoms with E-state index in [-0.39, 0.29) is 11.3 Å². The van der Waals surface area contributed by atoms with Crippen LogP contribution in [-0.4, -0.2) is 17.3 Å². The van der Waals surface area contributed by atoms with Crippen LogP contribution < -0.4 is 5.32 Å². The monoisotopic (exact) mass is 264 g/mol. The number of aromatic nitrogens is 1. The molecule has 0 aliphatic rings. The number of rotatable bonds is 5. The molecule has 0 aliphatic carbocycles. The van der Waals surface area contributed by atoms with Crippen molar-refractivity contribution in [2.24, 2.45) is 0 Å². The van der Waals surface area contributed by atoms with Gasteiger partial charge >= 0.3 is 0 Å². The highest BCUT2D eigenvalue weighted by molar-refractivity contribution is 5.77. The second-order valence-corrected chi connectivity index (χ2v) is 5.17. The van der Waals surface area contributed by atoms with Crippen LogP contribution in [0.15, 0.2) is 18.3 Å². The van der Waals surface area contributed by atoms with Crippen LogP contribution in [0.3, 0.4) is 0 Å². The standard InChI is InChI=1S/C13H20N2O.C3H8/c1-5-13(4,15-9-11(3)16)12-8-10(2)6-7-14-12;1-3-2/h6-8,15H,5,9H2,1-4H3;3H2,1-2H3. The van der Waals surface area contributed by atoms with Crippen molar-refractivity contribution < 1.29 is 4.79 Å². The second-order valence-electron chi connectivity index (χ2n) is 5.17. The van der Waals surface area contributed by atoms with E-state index in [4.69, 9.17) is 0 Å². The predicted molar refractivity (Wildman–Crippen MR) is 81.3 cm³/mol. The molecule has 1 atom stereocenters. The predicted octanol–water partition coefficient (Wildman–Crippen LogP) is 3.61. The maximum atomic E-state index is 11.0. The zero-order chi connectivity index (χ0) is 14.9. The van der Waals surface area contributed by atoms with Gasteiger partial charge in [-0.05, 0) is 44.9 Å². The Balaban J connectivity index is 0.000000982. The Morgan fingerprint density at radius 2 is 1.95 bits per heavy atom. The summed E-state index contributed by atoms with van der Waals surface area (Å²) in [5.74, 6) is 0.146. The van der Waals surface area contributed by atoms with Gasteiger partial charge in [-0.1, -0.05) is 27.2 Å². The van der Waals surface area contributed by atoms with Crippen LogP contribution in [0.2, 0.25) is 0 Å². The molecule has 1 N–H and O–H groups in total. The van der Waals surface area contributed by atoms with Gasteiger partial charge in [0.05, 0.1) is 17.8 Å². The van der Waals surface area contributed by atoms with Crippen LogP contribution in [0.5, 0.6) is 0 Å². The van der Waals surface area contributed by atoms with Gasteiger partial charge < -0.3 is 0 Å². The zero-order valence-corrected chi connectivity index (χ0v) is 13.2. The first-order valence-electron chi connectivity index (χ1n) is 7.07. The third kappa shape index (κ3) is 6.48. The zero-order valence-electron chi connectivity index (χ0n) is 13.2. The van der Waals surface area contributed by atoms with E-state index >= 15 is 0 Å². The van der Waals surface area contributed by atoms with Gasteiger partial charge in [0, 0.05) is 6.20 Å². The first-order valence-corrected chi connectivity index (χ1v) is 7.07. The summed E-state index contributed by atoms with van der Waals surface area (Å²) in [6.07, 6.45) is 3.96. The molecule has 0 bridgehead atoms. The van der Waals surface area contributed by atoms with E-state index in [1.54, 1.807) is 6.92 Å². The molecule has 3 heteroatoms. The Bertz CT molecular complexity index is 390. The van der Waals surface area contributed by atoms with Crippen molar-refractivity contribution in [3.63, 3.8) is 0 Å². The number of nitrogens with one attached hydrogen (secondary N) is 1. The number of carbonyl (C=O) groups excluding carboxylic acids is 1. The van der Waals surface area contributed by atoms with Crippen molar-refractivity contribution in [2.75, 3.05) is 6.54 Å². The quantitative estimate of drug-likeness (QED) is 0.883. The van der Waals surface area contributed by atoms with Crippen LogP contribution >= 0.6 is 0 Å². The van der Waals surface area contributed by atoms with Crippen molar-refractivity contribution in [2.45, 2.75) is 59.9 Å². The van der Waals surface area contributed by atoms with Crippen LogP contribution in [0.25, 0.3) is 0 Å². The van der Waals surface area contributed by atoms with E-state index in [0.717, 1.165) is 12.1 Å². The smallest absolute Gasteiger partial charge is 0.143 e. The summed E-state index contributed by atoms with van der Waals surface area (Å²) in [6, 6.07) is 4.04. The largest absolute Gasteiger partial charge is 0.299 e. The highest BCUT2D eigenvalue weighted by atomic mass is 16.1. The number of pyridine rings is 1. The summed E-state index contributed by atoms with van der Waals surface area (Å²) in [4.78, 5) is 15.4. The molecule has 19 heavy (non-hydrogen) atoms. The topological polar surface area (TPSA) is 42.0 Å². The van der Waals surface area contributed by atoms with E-state index in [1.807, 2.05) is 19.2 Å². The molecular formula is C16H28N2O. The van der Waals surface area contributed by atoms with E-state index in [0.29, 0.717) is 6.54 Å². The first kappa shape index (κ1) is 17.8. The number of ketones is 1. The average Bonchev–Trinajstić information content (AvgIpc) is 2.37. The fourth-order valence-corrected chi connectivity index (χ4v) is 1.55. The minimum atomic E-state index is -0.225. The number of carbonyl (C=O) groups is 1. The summed E-state index contributed by atoms with van der Waals surface area (Å²) >= 11 is 0. The number of hydrogen-bond donors (Lipinski definition) is 1. The van der Waals surface area contributed by atoms with Gasteiger partial charge in [-0.15, -0.1) is 0 Å². The molecule has 0 spiro atoms. The normalized spacial score (nSPS) is 13.2. The molecule has 0 fully saturated rings. The summed E-state index contributed by atoms with van der Waals surface area (Å²) < 4.78 is 0. The minimum absolute atomic E-state index is 0.146. The number of nitrogens with zero attached hydrogens (tertiary/aromatic N) is 1. The Morgan fingerprint density at radius 1 is 1.37 bits per heavy atom. The van der Waals surface area contributed by atoms with Crippen molar-refractivity contribution in [1.29, 1.82) is 0 Å². The van der Waals surface area contributed by atoms with Gasteiger partial charge in [-0.25, -0.2) is 0 Å². The van der Waals surface area contributed by atoms with E-state index in [2.05, 4.69) is 44.1 Å². The van der Waals surface area contributed by atoms with Crippen molar-refractivity contribution in [3.05, 3.63) is 29.6 Å². The Kier molecular flexibility index (Phi) is 8.24. The third-order valence-electron chi connectivity index (χ3n) is 2.92. The highest BCUT2D eigenvalue weighted by Crippen LogP contribution is 2.22. The SMILES string of the molecule is CCC.CCC(C)(NCC(C)=O)c1cc(C)ccn1. The summed E-state index contributed by atoms with van der Waals surface area (Å²) in [5, 5.41) is 3.28. The lowest BCUT2D eigenvalue weighted by atomic mass is 9.93. The maximum Gasteiger partial charge on any atom is 0.143 e. The van der Waals surface area contributed by atoms with E-state index < -0.39 is 0 Å². The molecule has 0 radical (unpaired) electrons. The molecule has 0 saturated heterocycles. The lowest BCUT2D eigenvalue weighted by molar-refractivity contribution is -0.116. The molecule has 0 amide bonds. The van der Waals surface area contributed by atoms with Crippen LogP contribution in [0.1, 0.15) is 58.7 Å². The van der Waals surface area contributed by atoms with Crippen LogP contribution in [-0.2, 0) is 10.3 Å². The molecule has 1 aromatic rings. The molecule has 1 unspecified atom stereocenters. The summed E-state index contributed by atoms with van der Waals surface area (Å²) in [7, 11) is 0. The molecule has 3 nitrogen and oxygen atoms in total. The van der Waals surface area contributed by atoms with Crippen LogP contribution in [0, 0.1) is 6.92 Å². The fourth-order valence-electron chi connectivity index (χ4n) is 1.55. The minimum Gasteiger partial charge on any atom is -0.299 e.